The van der Waals surface area contributed by atoms with E-state index in [0.29, 0.717) is 12.5 Å². The van der Waals surface area contributed by atoms with Gasteiger partial charge in [-0.2, -0.15) is 0 Å². The lowest BCUT2D eigenvalue weighted by Gasteiger charge is -2.35. The molecule has 1 aromatic rings. The quantitative estimate of drug-likeness (QED) is 0.885. The van der Waals surface area contributed by atoms with Crippen LogP contribution in [0.3, 0.4) is 0 Å². The number of nitrogens with zero attached hydrogens (tertiary/aromatic N) is 1. The highest BCUT2D eigenvalue weighted by Crippen LogP contribution is 2.29. The van der Waals surface area contributed by atoms with Crippen LogP contribution in [0, 0.1) is 5.92 Å². The molecule has 1 fully saturated rings. The maximum atomic E-state index is 9.62. The molecule has 0 bridgehead atoms. The molecule has 0 aromatic heterocycles. The standard InChI is InChI=1S/C14H21ClN2O/c1-10(18)11-4-6-17(7-5-11)14-8-13(15)3-2-12(14)9-16/h2-3,8,10-11,18H,4-7,9,16H2,1H3. The van der Waals surface area contributed by atoms with Crippen LogP contribution in [0.4, 0.5) is 5.69 Å². The number of rotatable bonds is 3. The number of anilines is 1. The van der Waals surface area contributed by atoms with E-state index >= 15 is 0 Å². The van der Waals surface area contributed by atoms with Crippen molar-refractivity contribution in [1.29, 1.82) is 0 Å². The Balaban J connectivity index is 2.11. The summed E-state index contributed by atoms with van der Waals surface area (Å²) in [4.78, 5) is 2.33. The van der Waals surface area contributed by atoms with Crippen LogP contribution in [0.5, 0.6) is 0 Å². The number of nitrogens with two attached hydrogens (primary N) is 1. The Labute approximate surface area is 114 Å². The van der Waals surface area contributed by atoms with Crippen molar-refractivity contribution in [2.75, 3.05) is 18.0 Å². The lowest BCUT2D eigenvalue weighted by atomic mass is 9.91. The van der Waals surface area contributed by atoms with E-state index in [1.54, 1.807) is 0 Å². The van der Waals surface area contributed by atoms with E-state index in [4.69, 9.17) is 17.3 Å². The van der Waals surface area contributed by atoms with Gasteiger partial charge in [-0.3, -0.25) is 0 Å². The van der Waals surface area contributed by atoms with Crippen molar-refractivity contribution in [3.05, 3.63) is 28.8 Å². The highest BCUT2D eigenvalue weighted by atomic mass is 35.5. The largest absolute Gasteiger partial charge is 0.393 e. The Morgan fingerprint density at radius 2 is 2.11 bits per heavy atom. The van der Waals surface area contributed by atoms with Crippen molar-refractivity contribution in [3.8, 4) is 0 Å². The van der Waals surface area contributed by atoms with Crippen molar-refractivity contribution < 1.29 is 5.11 Å². The molecular weight excluding hydrogens is 248 g/mol. The van der Waals surface area contributed by atoms with Gasteiger partial charge in [-0.25, -0.2) is 0 Å². The first-order valence-electron chi connectivity index (χ1n) is 6.53. The zero-order chi connectivity index (χ0) is 13.1. The van der Waals surface area contributed by atoms with Crippen molar-refractivity contribution in [1.82, 2.24) is 0 Å². The molecule has 1 aromatic carbocycles. The smallest absolute Gasteiger partial charge is 0.0541 e. The number of hydrogen-bond acceptors (Lipinski definition) is 3. The second-order valence-corrected chi connectivity index (χ2v) is 5.48. The highest BCUT2D eigenvalue weighted by molar-refractivity contribution is 6.30. The van der Waals surface area contributed by atoms with E-state index in [0.717, 1.165) is 42.2 Å². The Kier molecular flexibility index (Phi) is 4.49. The van der Waals surface area contributed by atoms with Gasteiger partial charge in [0.15, 0.2) is 0 Å². The van der Waals surface area contributed by atoms with Gasteiger partial charge >= 0.3 is 0 Å². The molecule has 18 heavy (non-hydrogen) atoms. The topological polar surface area (TPSA) is 49.5 Å². The first-order valence-corrected chi connectivity index (χ1v) is 6.91. The van der Waals surface area contributed by atoms with E-state index < -0.39 is 0 Å². The average molecular weight is 269 g/mol. The summed E-state index contributed by atoms with van der Waals surface area (Å²) in [6.45, 7) is 4.33. The minimum absolute atomic E-state index is 0.208. The van der Waals surface area contributed by atoms with Crippen LogP contribution in [0.15, 0.2) is 18.2 Å². The fraction of sp³-hybridized carbons (Fsp3) is 0.571. The van der Waals surface area contributed by atoms with Gasteiger partial charge in [0.1, 0.15) is 0 Å². The number of benzene rings is 1. The monoisotopic (exact) mass is 268 g/mol. The summed E-state index contributed by atoms with van der Waals surface area (Å²) in [5.74, 6) is 0.418. The van der Waals surface area contributed by atoms with Gasteiger partial charge in [0.25, 0.3) is 0 Å². The van der Waals surface area contributed by atoms with Crippen molar-refractivity contribution in [2.24, 2.45) is 11.7 Å². The number of aliphatic hydroxyl groups excluding tert-OH is 1. The Morgan fingerprint density at radius 1 is 1.44 bits per heavy atom. The Morgan fingerprint density at radius 3 is 2.67 bits per heavy atom. The molecule has 1 unspecified atom stereocenters. The molecule has 1 aliphatic heterocycles. The maximum Gasteiger partial charge on any atom is 0.0541 e. The van der Waals surface area contributed by atoms with Gasteiger partial charge < -0.3 is 15.7 Å². The molecule has 4 heteroatoms. The van der Waals surface area contributed by atoms with Gasteiger partial charge in [-0.15, -0.1) is 0 Å². The van der Waals surface area contributed by atoms with Gasteiger partial charge in [-0.1, -0.05) is 17.7 Å². The summed E-state index contributed by atoms with van der Waals surface area (Å²) < 4.78 is 0. The van der Waals surface area contributed by atoms with E-state index in [9.17, 15) is 5.11 Å². The first kappa shape index (κ1) is 13.7. The SMILES string of the molecule is CC(O)C1CCN(c2cc(Cl)ccc2CN)CC1. The van der Waals surface area contributed by atoms with Crippen LogP contribution in [0.25, 0.3) is 0 Å². The van der Waals surface area contributed by atoms with Crippen LogP contribution in [0.1, 0.15) is 25.3 Å². The molecular formula is C14H21ClN2O. The van der Waals surface area contributed by atoms with Gasteiger partial charge in [0.05, 0.1) is 6.10 Å². The second kappa shape index (κ2) is 5.91. The summed E-state index contributed by atoms with van der Waals surface area (Å²) in [5, 5.41) is 10.4. The van der Waals surface area contributed by atoms with Gasteiger partial charge in [-0.05, 0) is 43.4 Å². The maximum absolute atomic E-state index is 9.62. The second-order valence-electron chi connectivity index (χ2n) is 5.04. The third-order valence-corrected chi connectivity index (χ3v) is 4.06. The number of hydrogen-bond donors (Lipinski definition) is 2. The molecule has 100 valence electrons. The first-order chi connectivity index (χ1) is 8.61. The van der Waals surface area contributed by atoms with Crippen LogP contribution < -0.4 is 10.6 Å². The minimum Gasteiger partial charge on any atom is -0.393 e. The molecule has 3 nitrogen and oxygen atoms in total. The molecule has 0 saturated carbocycles. The fourth-order valence-corrected chi connectivity index (χ4v) is 2.79. The molecule has 1 saturated heterocycles. The van der Waals surface area contributed by atoms with E-state index in [-0.39, 0.29) is 6.10 Å². The summed E-state index contributed by atoms with van der Waals surface area (Å²) in [5.41, 5.74) is 8.05. The molecule has 0 radical (unpaired) electrons. The molecule has 1 atom stereocenters. The van der Waals surface area contributed by atoms with Gasteiger partial charge in [0.2, 0.25) is 0 Å². The molecule has 0 spiro atoms. The third kappa shape index (κ3) is 2.97. The van der Waals surface area contributed by atoms with Crippen LogP contribution in [-0.4, -0.2) is 24.3 Å². The van der Waals surface area contributed by atoms with Crippen LogP contribution in [-0.2, 0) is 6.54 Å². The van der Waals surface area contributed by atoms with Crippen LogP contribution >= 0.6 is 11.6 Å². The summed E-state index contributed by atoms with van der Waals surface area (Å²) in [6.07, 6.45) is 1.84. The zero-order valence-corrected chi connectivity index (χ0v) is 11.5. The molecule has 2 rings (SSSR count). The molecule has 1 heterocycles. The summed E-state index contributed by atoms with van der Waals surface area (Å²) >= 11 is 6.06. The van der Waals surface area contributed by atoms with Gasteiger partial charge in [0, 0.05) is 30.3 Å². The molecule has 0 amide bonds. The Bertz CT molecular complexity index is 401. The van der Waals surface area contributed by atoms with Crippen molar-refractivity contribution >= 4 is 17.3 Å². The predicted molar refractivity (Wildman–Crippen MR) is 76.0 cm³/mol. The average Bonchev–Trinajstić information content (AvgIpc) is 2.39. The predicted octanol–water partition coefficient (Wildman–Crippen LogP) is 2.40. The zero-order valence-electron chi connectivity index (χ0n) is 10.8. The summed E-state index contributed by atoms with van der Waals surface area (Å²) in [7, 11) is 0. The van der Waals surface area contributed by atoms with Crippen molar-refractivity contribution in [2.45, 2.75) is 32.4 Å². The fourth-order valence-electron chi connectivity index (χ4n) is 2.63. The normalized spacial score (nSPS) is 19.0. The number of halogens is 1. The minimum atomic E-state index is -0.208. The summed E-state index contributed by atoms with van der Waals surface area (Å²) in [6, 6.07) is 5.88. The van der Waals surface area contributed by atoms with Crippen LogP contribution in [0.2, 0.25) is 5.02 Å². The highest BCUT2D eigenvalue weighted by Gasteiger charge is 2.23. The number of piperidine rings is 1. The number of aliphatic hydroxyl groups is 1. The van der Waals surface area contributed by atoms with E-state index in [1.807, 2.05) is 25.1 Å². The lowest BCUT2D eigenvalue weighted by Crippen LogP contribution is -2.37. The molecule has 1 aliphatic rings. The third-order valence-electron chi connectivity index (χ3n) is 3.83. The molecule has 3 N–H and O–H groups in total. The Hall–Kier alpha value is -0.770. The van der Waals surface area contributed by atoms with E-state index in [1.165, 1.54) is 0 Å². The lowest BCUT2D eigenvalue weighted by molar-refractivity contribution is 0.110. The van der Waals surface area contributed by atoms with E-state index in [2.05, 4.69) is 4.90 Å². The molecule has 0 aliphatic carbocycles. The van der Waals surface area contributed by atoms with Crippen molar-refractivity contribution in [3.63, 3.8) is 0 Å².